The van der Waals surface area contributed by atoms with Gasteiger partial charge in [-0.15, -0.1) is 0 Å². The molecule has 7 nitrogen and oxygen atoms in total. The van der Waals surface area contributed by atoms with Crippen LogP contribution < -0.4 is 0 Å². The Morgan fingerprint density at radius 1 is 1.06 bits per heavy atom. The van der Waals surface area contributed by atoms with Crippen molar-refractivity contribution < 1.29 is 28.0 Å². The van der Waals surface area contributed by atoms with Crippen LogP contribution in [0.5, 0.6) is 0 Å². The number of fused-ring (bicyclic) bond motifs is 1. The standard InChI is InChI=1S/C24H29NO6S/c1-7-16-19(18-14-10-12-15-11-8-9-13-17(15)18)24(21(26)29-5,22(27)30-6)31-20(16)25-32(28)23(2,3)4/h8-14,16,19H,7H2,1-6H3/b25-20-/t16-,19+,32?/m1/s1. The number of carbonyl (C=O) groups is 2. The summed E-state index contributed by atoms with van der Waals surface area (Å²) < 4.78 is 32.7. The summed E-state index contributed by atoms with van der Waals surface area (Å²) in [4.78, 5) is 26.3. The number of rotatable bonds is 5. The zero-order chi connectivity index (χ0) is 23.7. The Balaban J connectivity index is 2.34. The first kappa shape index (κ1) is 23.9. The van der Waals surface area contributed by atoms with Crippen molar-refractivity contribution >= 4 is 39.6 Å². The monoisotopic (exact) mass is 459 g/mol. The van der Waals surface area contributed by atoms with E-state index in [0.29, 0.717) is 6.42 Å². The van der Waals surface area contributed by atoms with Crippen molar-refractivity contribution in [2.75, 3.05) is 14.2 Å². The molecule has 1 heterocycles. The van der Waals surface area contributed by atoms with Gasteiger partial charge in [-0.1, -0.05) is 49.4 Å². The molecule has 0 N–H and O–H groups in total. The maximum atomic E-state index is 13.2. The lowest BCUT2D eigenvalue weighted by molar-refractivity contribution is -0.178. The Morgan fingerprint density at radius 3 is 2.22 bits per heavy atom. The SMILES string of the molecule is CC[C@H]1/C(=N/S(=O)C(C)(C)C)OC(C(=O)OC)(C(=O)OC)[C@@H]1c1cccc2ccccc12. The lowest BCUT2D eigenvalue weighted by Crippen LogP contribution is -2.52. The smallest absolute Gasteiger partial charge is 0.362 e. The molecule has 1 aliphatic rings. The van der Waals surface area contributed by atoms with Gasteiger partial charge >= 0.3 is 17.5 Å². The molecule has 0 aliphatic carbocycles. The van der Waals surface area contributed by atoms with E-state index in [2.05, 4.69) is 4.40 Å². The zero-order valence-electron chi connectivity index (χ0n) is 19.2. The van der Waals surface area contributed by atoms with Crippen LogP contribution in [0.1, 0.15) is 45.6 Å². The van der Waals surface area contributed by atoms with Gasteiger partial charge in [0.1, 0.15) is 11.0 Å². The molecule has 0 amide bonds. The van der Waals surface area contributed by atoms with E-state index in [-0.39, 0.29) is 5.90 Å². The van der Waals surface area contributed by atoms with Crippen LogP contribution in [-0.2, 0) is 34.8 Å². The molecule has 3 rings (SSSR count). The number of ether oxygens (including phenoxy) is 3. The van der Waals surface area contributed by atoms with E-state index in [1.807, 2.05) is 49.4 Å². The van der Waals surface area contributed by atoms with Gasteiger partial charge in [0, 0.05) is 5.92 Å². The number of benzene rings is 2. The minimum absolute atomic E-state index is 0.0921. The van der Waals surface area contributed by atoms with Crippen molar-refractivity contribution in [3.05, 3.63) is 48.0 Å². The maximum absolute atomic E-state index is 13.2. The van der Waals surface area contributed by atoms with Gasteiger partial charge in [-0.05, 0) is 43.5 Å². The number of hydrogen-bond donors (Lipinski definition) is 0. The van der Waals surface area contributed by atoms with Gasteiger partial charge in [0.05, 0.1) is 24.9 Å². The number of esters is 2. The van der Waals surface area contributed by atoms with E-state index in [9.17, 15) is 13.8 Å². The van der Waals surface area contributed by atoms with Crippen LogP contribution in [0.25, 0.3) is 10.8 Å². The number of carbonyl (C=O) groups excluding carboxylic acids is 2. The highest BCUT2D eigenvalue weighted by molar-refractivity contribution is 7.85. The second-order valence-corrected chi connectivity index (χ2v) is 10.6. The first-order valence-electron chi connectivity index (χ1n) is 10.5. The average molecular weight is 460 g/mol. The summed E-state index contributed by atoms with van der Waals surface area (Å²) in [6, 6.07) is 13.4. The molecule has 1 aliphatic heterocycles. The van der Waals surface area contributed by atoms with Crippen LogP contribution >= 0.6 is 0 Å². The van der Waals surface area contributed by atoms with Gasteiger partial charge in [-0.3, -0.25) is 0 Å². The van der Waals surface area contributed by atoms with Gasteiger partial charge < -0.3 is 14.2 Å². The Morgan fingerprint density at radius 2 is 1.66 bits per heavy atom. The average Bonchev–Trinajstić information content (AvgIpc) is 3.11. The fourth-order valence-electron chi connectivity index (χ4n) is 4.13. The molecule has 3 atom stereocenters. The highest BCUT2D eigenvalue weighted by Crippen LogP contribution is 2.50. The fourth-order valence-corrected chi connectivity index (χ4v) is 4.74. The molecule has 0 aromatic heterocycles. The van der Waals surface area contributed by atoms with Crippen molar-refractivity contribution in [1.82, 2.24) is 0 Å². The van der Waals surface area contributed by atoms with Gasteiger partial charge in [-0.25, -0.2) is 13.8 Å². The first-order valence-corrected chi connectivity index (χ1v) is 11.6. The predicted molar refractivity (Wildman–Crippen MR) is 124 cm³/mol. The second kappa shape index (κ2) is 9.02. The van der Waals surface area contributed by atoms with Crippen LogP contribution in [0.4, 0.5) is 0 Å². The topological polar surface area (TPSA) is 91.3 Å². The van der Waals surface area contributed by atoms with Crippen LogP contribution in [0, 0.1) is 5.92 Å². The number of nitrogens with zero attached hydrogens (tertiary/aromatic N) is 1. The zero-order valence-corrected chi connectivity index (χ0v) is 20.0. The summed E-state index contributed by atoms with van der Waals surface area (Å²) in [6.07, 6.45) is 0.490. The number of hydrogen-bond acceptors (Lipinski definition) is 6. The largest absolute Gasteiger partial charge is 0.466 e. The summed E-state index contributed by atoms with van der Waals surface area (Å²) in [6.45, 7) is 7.28. The number of methoxy groups -OCH3 is 2. The molecule has 8 heteroatoms. The molecule has 1 unspecified atom stereocenters. The Hall–Kier alpha value is -2.74. The normalized spacial score (nSPS) is 22.4. The molecule has 0 radical (unpaired) electrons. The molecule has 1 saturated heterocycles. The third-order valence-corrected chi connectivity index (χ3v) is 7.09. The van der Waals surface area contributed by atoms with Crippen molar-refractivity contribution in [2.24, 2.45) is 10.3 Å². The summed E-state index contributed by atoms with van der Waals surface area (Å²) in [5.41, 5.74) is -1.37. The van der Waals surface area contributed by atoms with E-state index < -0.39 is 45.1 Å². The fraction of sp³-hybridized carbons (Fsp3) is 0.458. The minimum Gasteiger partial charge on any atom is -0.466 e. The quantitative estimate of drug-likeness (QED) is 0.497. The van der Waals surface area contributed by atoms with Crippen LogP contribution in [-0.4, -0.2) is 46.6 Å². The molecular weight excluding hydrogens is 430 g/mol. The third kappa shape index (κ3) is 3.92. The van der Waals surface area contributed by atoms with Crippen LogP contribution in [0.15, 0.2) is 46.9 Å². The molecule has 1 fully saturated rings. The highest BCUT2D eigenvalue weighted by atomic mass is 32.2. The Bertz CT molecular complexity index is 1070. The van der Waals surface area contributed by atoms with Crippen molar-refractivity contribution in [3.63, 3.8) is 0 Å². The van der Waals surface area contributed by atoms with E-state index in [1.165, 1.54) is 14.2 Å². The van der Waals surface area contributed by atoms with Gasteiger partial charge in [-0.2, -0.15) is 4.40 Å². The Labute approximate surface area is 190 Å². The van der Waals surface area contributed by atoms with E-state index in [1.54, 1.807) is 20.8 Å². The third-order valence-electron chi connectivity index (χ3n) is 5.70. The molecule has 0 saturated carbocycles. The molecule has 0 bridgehead atoms. The molecular formula is C24H29NO6S. The molecule has 0 spiro atoms. The summed E-state index contributed by atoms with van der Waals surface area (Å²) in [5.74, 6) is -2.95. The summed E-state index contributed by atoms with van der Waals surface area (Å²) in [7, 11) is 0.736. The maximum Gasteiger partial charge on any atom is 0.362 e. The van der Waals surface area contributed by atoms with Crippen molar-refractivity contribution in [1.29, 1.82) is 0 Å². The van der Waals surface area contributed by atoms with E-state index >= 15 is 0 Å². The van der Waals surface area contributed by atoms with Crippen molar-refractivity contribution in [2.45, 2.75) is 50.4 Å². The van der Waals surface area contributed by atoms with Crippen molar-refractivity contribution in [3.8, 4) is 0 Å². The molecule has 172 valence electrons. The van der Waals surface area contributed by atoms with Gasteiger partial charge in [0.25, 0.3) is 0 Å². The van der Waals surface area contributed by atoms with Crippen LogP contribution in [0.3, 0.4) is 0 Å². The summed E-state index contributed by atoms with van der Waals surface area (Å²) >= 11 is 0. The first-order chi connectivity index (χ1) is 15.1. The van der Waals surface area contributed by atoms with Gasteiger partial charge in [0.2, 0.25) is 5.90 Å². The predicted octanol–water partition coefficient (Wildman–Crippen LogP) is 3.93. The lowest BCUT2D eigenvalue weighted by Gasteiger charge is -2.30. The van der Waals surface area contributed by atoms with E-state index in [0.717, 1.165) is 16.3 Å². The van der Waals surface area contributed by atoms with E-state index in [4.69, 9.17) is 14.2 Å². The summed E-state index contributed by atoms with van der Waals surface area (Å²) in [5, 5.41) is 1.82. The lowest BCUT2D eigenvalue weighted by atomic mass is 9.73. The molecule has 32 heavy (non-hydrogen) atoms. The Kier molecular flexibility index (Phi) is 6.74. The second-order valence-electron chi connectivity index (χ2n) is 8.67. The minimum atomic E-state index is -2.10. The molecule has 2 aromatic carbocycles. The van der Waals surface area contributed by atoms with Gasteiger partial charge in [0.15, 0.2) is 0 Å². The highest BCUT2D eigenvalue weighted by Gasteiger charge is 2.66. The molecule has 2 aromatic rings. The van der Waals surface area contributed by atoms with Crippen LogP contribution in [0.2, 0.25) is 0 Å².